The van der Waals surface area contributed by atoms with E-state index in [1.54, 1.807) is 6.92 Å². The Bertz CT molecular complexity index is 606. The maximum Gasteiger partial charge on any atom is 0.238 e. The molecule has 104 valence electrons. The molecule has 20 heavy (non-hydrogen) atoms. The molecule has 1 aliphatic rings. The van der Waals surface area contributed by atoms with Crippen molar-refractivity contribution in [3.63, 3.8) is 0 Å². The summed E-state index contributed by atoms with van der Waals surface area (Å²) in [7, 11) is 0. The van der Waals surface area contributed by atoms with Gasteiger partial charge in [0.15, 0.2) is 0 Å². The number of thioether (sulfide) groups is 1. The van der Waals surface area contributed by atoms with Gasteiger partial charge in [0.25, 0.3) is 0 Å². The molecule has 0 saturated carbocycles. The van der Waals surface area contributed by atoms with Crippen LogP contribution in [-0.4, -0.2) is 17.6 Å². The van der Waals surface area contributed by atoms with Crippen LogP contribution in [0.25, 0.3) is 0 Å². The average Bonchev–Trinajstić information content (AvgIpc) is 2.68. The maximum atomic E-state index is 13.6. The predicted octanol–water partition coefficient (Wildman–Crippen LogP) is 2.88. The molecule has 0 bridgehead atoms. The fourth-order valence-electron chi connectivity index (χ4n) is 2.07. The number of nitrogens with zero attached hydrogens (tertiary/aromatic N) is 2. The molecule has 1 unspecified atom stereocenters. The van der Waals surface area contributed by atoms with Crippen molar-refractivity contribution >= 4 is 40.9 Å². The largest absolute Gasteiger partial charge is 0.274 e. The smallest absolute Gasteiger partial charge is 0.238 e. The molecule has 1 atom stereocenters. The molecule has 0 N–H and O–H groups in total. The van der Waals surface area contributed by atoms with Gasteiger partial charge in [-0.05, 0) is 36.4 Å². The predicted molar refractivity (Wildman–Crippen MR) is 74.8 cm³/mol. The summed E-state index contributed by atoms with van der Waals surface area (Å²) < 4.78 is 13.6. The van der Waals surface area contributed by atoms with Crippen molar-refractivity contribution in [3.05, 3.63) is 28.5 Å². The Morgan fingerprint density at radius 1 is 1.55 bits per heavy atom. The van der Waals surface area contributed by atoms with Crippen molar-refractivity contribution in [1.29, 1.82) is 5.26 Å². The van der Waals surface area contributed by atoms with Crippen molar-refractivity contribution < 1.29 is 14.0 Å². The molecule has 1 aromatic carbocycles. The second kappa shape index (κ2) is 5.81. The van der Waals surface area contributed by atoms with E-state index in [0.29, 0.717) is 5.56 Å². The van der Waals surface area contributed by atoms with Gasteiger partial charge >= 0.3 is 0 Å². The number of carbonyl (C=O) groups is 2. The molecule has 0 spiro atoms. The van der Waals surface area contributed by atoms with Crippen LogP contribution in [0.4, 0.5) is 10.1 Å². The van der Waals surface area contributed by atoms with Gasteiger partial charge in [0.2, 0.25) is 11.8 Å². The molecule has 4 nitrogen and oxygen atoms in total. The molecule has 0 aliphatic carbocycles. The number of anilines is 1. The topological polar surface area (TPSA) is 61.2 Å². The number of nitriles is 1. The van der Waals surface area contributed by atoms with Crippen LogP contribution in [0.2, 0.25) is 5.02 Å². The molecule has 7 heteroatoms. The second-order valence-electron chi connectivity index (χ2n) is 4.43. The van der Waals surface area contributed by atoms with Crippen molar-refractivity contribution in [2.45, 2.75) is 13.3 Å². The van der Waals surface area contributed by atoms with Crippen molar-refractivity contribution in [2.24, 2.45) is 5.92 Å². The summed E-state index contributed by atoms with van der Waals surface area (Å²) in [5, 5.41) is 10.3. The minimum Gasteiger partial charge on any atom is -0.274 e. The highest BCUT2D eigenvalue weighted by Crippen LogP contribution is 2.32. The van der Waals surface area contributed by atoms with Crippen LogP contribution in [0, 0.1) is 29.3 Å². The molecular weight excluding hydrogens is 303 g/mol. The zero-order valence-corrected chi connectivity index (χ0v) is 12.1. The fraction of sp³-hybridized carbons (Fsp3) is 0.308. The number of thiocyanates is 1. The normalized spacial score (nSPS) is 18.5. The molecular formula is C13H10ClFN2O2S. The standard InChI is InChI=1S/C13H10ClFN2O2S/c1-7-2-9(4-10(15)12(7)14)17-11(18)3-8(13(17)19)5-20-6-16/h2,4,8H,3,5H2,1H3. The van der Waals surface area contributed by atoms with Crippen LogP contribution in [-0.2, 0) is 9.59 Å². The van der Waals surface area contributed by atoms with Crippen molar-refractivity contribution in [2.75, 3.05) is 10.7 Å². The Morgan fingerprint density at radius 2 is 2.25 bits per heavy atom. The Morgan fingerprint density at radius 3 is 2.85 bits per heavy atom. The highest BCUT2D eigenvalue weighted by molar-refractivity contribution is 8.03. The summed E-state index contributed by atoms with van der Waals surface area (Å²) in [4.78, 5) is 25.0. The van der Waals surface area contributed by atoms with E-state index < -0.39 is 17.6 Å². The fourth-order valence-corrected chi connectivity index (χ4v) is 2.72. The molecule has 1 heterocycles. The summed E-state index contributed by atoms with van der Waals surface area (Å²) in [5.41, 5.74) is 0.640. The van der Waals surface area contributed by atoms with Crippen LogP contribution in [0.1, 0.15) is 12.0 Å². The van der Waals surface area contributed by atoms with Crippen LogP contribution >= 0.6 is 23.4 Å². The summed E-state index contributed by atoms with van der Waals surface area (Å²) in [6, 6.07) is 2.58. The Kier molecular flexibility index (Phi) is 4.31. The van der Waals surface area contributed by atoms with Crippen molar-refractivity contribution in [1.82, 2.24) is 0 Å². The number of rotatable bonds is 3. The summed E-state index contributed by atoms with van der Waals surface area (Å²) in [6.07, 6.45) is 0.0385. The van der Waals surface area contributed by atoms with E-state index in [-0.39, 0.29) is 28.8 Å². The van der Waals surface area contributed by atoms with Crippen molar-refractivity contribution in [3.8, 4) is 5.40 Å². The lowest BCUT2D eigenvalue weighted by Gasteiger charge is -2.16. The molecule has 1 aromatic rings. The first kappa shape index (κ1) is 14.8. The highest BCUT2D eigenvalue weighted by atomic mass is 35.5. The Hall–Kier alpha value is -1.58. The Labute approximate surface area is 124 Å². The van der Waals surface area contributed by atoms with Crippen LogP contribution in [0.5, 0.6) is 0 Å². The number of carbonyl (C=O) groups excluding carboxylic acids is 2. The van der Waals surface area contributed by atoms with E-state index in [0.717, 1.165) is 22.7 Å². The van der Waals surface area contributed by atoms with E-state index in [1.165, 1.54) is 6.07 Å². The lowest BCUT2D eigenvalue weighted by molar-refractivity contribution is -0.122. The summed E-state index contributed by atoms with van der Waals surface area (Å²) >= 11 is 6.65. The molecule has 0 radical (unpaired) electrons. The van der Waals surface area contributed by atoms with Gasteiger partial charge in [0, 0.05) is 12.2 Å². The summed E-state index contributed by atoms with van der Waals surface area (Å²) in [5.74, 6) is -1.74. The van der Waals surface area contributed by atoms with E-state index in [9.17, 15) is 14.0 Å². The average molecular weight is 313 g/mol. The first-order chi connectivity index (χ1) is 9.45. The highest BCUT2D eigenvalue weighted by Gasteiger charge is 2.39. The van der Waals surface area contributed by atoms with Gasteiger partial charge in [0.1, 0.15) is 11.2 Å². The number of hydrogen-bond acceptors (Lipinski definition) is 4. The maximum absolute atomic E-state index is 13.6. The van der Waals surface area contributed by atoms with E-state index in [4.69, 9.17) is 16.9 Å². The van der Waals surface area contributed by atoms with Gasteiger partial charge in [-0.15, -0.1) is 0 Å². The minimum atomic E-state index is -0.669. The number of hydrogen-bond donors (Lipinski definition) is 0. The van der Waals surface area contributed by atoms with Gasteiger partial charge in [-0.3, -0.25) is 14.5 Å². The first-order valence-corrected chi connectivity index (χ1v) is 7.15. The molecule has 0 aromatic heterocycles. The van der Waals surface area contributed by atoms with Gasteiger partial charge in [0.05, 0.1) is 16.6 Å². The van der Waals surface area contributed by atoms with E-state index in [2.05, 4.69) is 0 Å². The lowest BCUT2D eigenvalue weighted by Crippen LogP contribution is -2.31. The number of halogens is 2. The molecule has 1 fully saturated rings. The SMILES string of the molecule is Cc1cc(N2C(=O)CC(CSC#N)C2=O)cc(F)c1Cl. The second-order valence-corrected chi connectivity index (χ2v) is 5.61. The first-order valence-electron chi connectivity index (χ1n) is 5.79. The van der Waals surface area contributed by atoms with E-state index >= 15 is 0 Å². The minimum absolute atomic E-state index is 0.0237. The van der Waals surface area contributed by atoms with Gasteiger partial charge < -0.3 is 0 Å². The van der Waals surface area contributed by atoms with Crippen LogP contribution in [0.15, 0.2) is 12.1 Å². The zero-order valence-electron chi connectivity index (χ0n) is 10.5. The van der Waals surface area contributed by atoms with Gasteiger partial charge in [-0.2, -0.15) is 5.26 Å². The van der Waals surface area contributed by atoms with Crippen LogP contribution in [0.3, 0.4) is 0 Å². The van der Waals surface area contributed by atoms with Gasteiger partial charge in [-0.1, -0.05) is 11.6 Å². The number of aryl methyl sites for hydroxylation is 1. The van der Waals surface area contributed by atoms with E-state index in [1.807, 2.05) is 5.40 Å². The summed E-state index contributed by atoms with van der Waals surface area (Å²) in [6.45, 7) is 1.60. The number of benzene rings is 1. The number of amides is 2. The van der Waals surface area contributed by atoms with Gasteiger partial charge in [-0.25, -0.2) is 4.39 Å². The molecule has 1 saturated heterocycles. The molecule has 1 aliphatic heterocycles. The monoisotopic (exact) mass is 312 g/mol. The third kappa shape index (κ3) is 2.65. The third-order valence-corrected chi connectivity index (χ3v) is 4.22. The quantitative estimate of drug-likeness (QED) is 0.636. The molecule has 2 rings (SSSR count). The molecule has 2 amide bonds. The zero-order chi connectivity index (χ0) is 14.9. The third-order valence-electron chi connectivity index (χ3n) is 3.04. The number of imide groups is 1. The van der Waals surface area contributed by atoms with Crippen LogP contribution < -0.4 is 4.90 Å². The Balaban J connectivity index is 2.31. The lowest BCUT2D eigenvalue weighted by atomic mass is 10.1.